The molecule has 2 aromatic heterocycles. The van der Waals surface area contributed by atoms with Crippen LogP contribution in [0.3, 0.4) is 0 Å². The highest BCUT2D eigenvalue weighted by Crippen LogP contribution is 2.30. The first-order valence-corrected chi connectivity index (χ1v) is 7.85. The van der Waals surface area contributed by atoms with Crippen molar-refractivity contribution in [2.75, 3.05) is 5.75 Å². The molecule has 0 amide bonds. The predicted octanol–water partition coefficient (Wildman–Crippen LogP) is 0.212. The minimum atomic E-state index is -1.34. The van der Waals surface area contributed by atoms with Crippen molar-refractivity contribution in [1.29, 1.82) is 0 Å². The van der Waals surface area contributed by atoms with Gasteiger partial charge in [-0.2, -0.15) is 4.39 Å². The number of halogens is 1. The monoisotopic (exact) mass is 339 g/mol. The van der Waals surface area contributed by atoms with Gasteiger partial charge in [0.2, 0.25) is 0 Å². The number of rotatable bonds is 3. The molecule has 9 heteroatoms. The number of ether oxygens (including phenoxy) is 1. The third kappa shape index (κ3) is 3.42. The summed E-state index contributed by atoms with van der Waals surface area (Å²) in [6.07, 6.45) is 0.669. The summed E-state index contributed by atoms with van der Waals surface area (Å²) in [6.45, 7) is 0. The first-order chi connectivity index (χ1) is 11.1. The number of nitrogens with zero attached hydrogens (tertiary/aromatic N) is 3. The topological polar surface area (TPSA) is 109 Å². The van der Waals surface area contributed by atoms with Gasteiger partial charge < -0.3 is 20.1 Å². The lowest BCUT2D eigenvalue weighted by atomic mass is 10.1. The average Bonchev–Trinajstić information content (AvgIpc) is 2.57. The normalized spacial score (nSPS) is 27.7. The van der Waals surface area contributed by atoms with Crippen molar-refractivity contribution in [3.8, 4) is 17.0 Å². The first-order valence-electron chi connectivity index (χ1n) is 6.80. The highest BCUT2D eigenvalue weighted by atomic mass is 32.2. The Hall–Kier alpha value is -1.81. The summed E-state index contributed by atoms with van der Waals surface area (Å²) in [5.41, 5.74) is 0.0157. The summed E-state index contributed by atoms with van der Waals surface area (Å²) < 4.78 is 19.5. The Balaban J connectivity index is 1.77. The van der Waals surface area contributed by atoms with Crippen LogP contribution in [-0.2, 0) is 0 Å². The van der Waals surface area contributed by atoms with Crippen LogP contribution in [0.25, 0.3) is 11.3 Å². The van der Waals surface area contributed by atoms with E-state index in [1.165, 1.54) is 24.8 Å². The van der Waals surface area contributed by atoms with Gasteiger partial charge in [0, 0.05) is 23.7 Å². The molecule has 3 heterocycles. The fourth-order valence-corrected chi connectivity index (χ4v) is 3.22. The second kappa shape index (κ2) is 6.75. The van der Waals surface area contributed by atoms with Crippen LogP contribution in [0.2, 0.25) is 0 Å². The van der Waals surface area contributed by atoms with Crippen molar-refractivity contribution in [2.45, 2.75) is 23.7 Å². The molecule has 1 aliphatic rings. The largest absolute Gasteiger partial charge is 0.472 e. The van der Waals surface area contributed by atoms with E-state index in [0.29, 0.717) is 11.3 Å². The van der Waals surface area contributed by atoms with Crippen LogP contribution in [0.4, 0.5) is 4.39 Å². The molecular weight excluding hydrogens is 325 g/mol. The number of aliphatic hydroxyl groups excluding tert-OH is 3. The highest BCUT2D eigenvalue weighted by molar-refractivity contribution is 7.99. The maximum Gasteiger partial charge on any atom is 0.255 e. The fourth-order valence-electron chi connectivity index (χ4n) is 2.11. The smallest absolute Gasteiger partial charge is 0.255 e. The van der Waals surface area contributed by atoms with E-state index < -0.39 is 29.7 Å². The van der Waals surface area contributed by atoms with Gasteiger partial charge in [-0.15, -0.1) is 11.8 Å². The molecule has 122 valence electrons. The maximum atomic E-state index is 14.1. The second-order valence-electron chi connectivity index (χ2n) is 4.98. The molecule has 0 radical (unpaired) electrons. The Kier molecular flexibility index (Phi) is 4.71. The van der Waals surface area contributed by atoms with E-state index in [2.05, 4.69) is 15.0 Å². The molecule has 1 fully saturated rings. The van der Waals surface area contributed by atoms with Crippen LogP contribution in [-0.4, -0.2) is 59.8 Å². The standard InChI is InChI=1S/C14H14FN3O4S/c15-13-10(22-14-12(21)11(20)9(19)5-23-14)2-1-8(18-13)7-3-16-6-17-4-7/h1-4,6,9,11-12,14,19-21H,5H2/t9-,11+,12-,14-/m1/s1. The van der Waals surface area contributed by atoms with Crippen molar-refractivity contribution in [1.82, 2.24) is 15.0 Å². The highest BCUT2D eigenvalue weighted by Gasteiger charge is 2.38. The summed E-state index contributed by atoms with van der Waals surface area (Å²) in [7, 11) is 0. The quantitative estimate of drug-likeness (QED) is 0.681. The molecule has 7 nitrogen and oxygen atoms in total. The Morgan fingerprint density at radius 2 is 1.87 bits per heavy atom. The van der Waals surface area contributed by atoms with E-state index in [1.54, 1.807) is 6.07 Å². The summed E-state index contributed by atoms with van der Waals surface area (Å²) in [4.78, 5) is 11.5. The van der Waals surface area contributed by atoms with Crippen LogP contribution >= 0.6 is 11.8 Å². The van der Waals surface area contributed by atoms with Gasteiger partial charge in [0.05, 0.1) is 11.8 Å². The molecule has 3 N–H and O–H groups in total. The predicted molar refractivity (Wildman–Crippen MR) is 80.1 cm³/mol. The van der Waals surface area contributed by atoms with Gasteiger partial charge in [-0.1, -0.05) is 0 Å². The molecule has 23 heavy (non-hydrogen) atoms. The number of thioether (sulfide) groups is 1. The Morgan fingerprint density at radius 3 is 2.57 bits per heavy atom. The molecule has 0 unspecified atom stereocenters. The minimum absolute atomic E-state index is 0.147. The SMILES string of the molecule is O[C@@H]1[C@@H](O)[C@H](Oc2ccc(-c3cncnc3)nc2F)SC[C@H]1O. The molecule has 1 saturated heterocycles. The van der Waals surface area contributed by atoms with Gasteiger partial charge in [0.15, 0.2) is 11.2 Å². The van der Waals surface area contributed by atoms with Crippen LogP contribution in [0, 0.1) is 5.95 Å². The number of aromatic nitrogens is 3. The van der Waals surface area contributed by atoms with Gasteiger partial charge in [0.1, 0.15) is 18.5 Å². The molecule has 0 spiro atoms. The van der Waals surface area contributed by atoms with Crippen LogP contribution in [0.15, 0.2) is 30.9 Å². The van der Waals surface area contributed by atoms with Gasteiger partial charge in [-0.3, -0.25) is 0 Å². The Bertz CT molecular complexity index is 678. The van der Waals surface area contributed by atoms with Crippen LogP contribution in [0.5, 0.6) is 5.75 Å². The molecule has 1 aliphatic heterocycles. The van der Waals surface area contributed by atoms with Gasteiger partial charge in [-0.05, 0) is 12.1 Å². The average molecular weight is 339 g/mol. The lowest BCUT2D eigenvalue weighted by Crippen LogP contribution is -2.50. The third-order valence-electron chi connectivity index (χ3n) is 3.37. The zero-order valence-electron chi connectivity index (χ0n) is 11.8. The number of pyridine rings is 1. The summed E-state index contributed by atoms with van der Waals surface area (Å²) in [6, 6.07) is 2.93. The summed E-state index contributed by atoms with van der Waals surface area (Å²) in [5.74, 6) is -0.817. The van der Waals surface area contributed by atoms with E-state index in [0.717, 1.165) is 11.8 Å². The van der Waals surface area contributed by atoms with E-state index in [-0.39, 0.29) is 11.5 Å². The number of aliphatic hydroxyl groups is 3. The third-order valence-corrected chi connectivity index (χ3v) is 4.61. The van der Waals surface area contributed by atoms with E-state index in [9.17, 15) is 19.7 Å². The first kappa shape index (κ1) is 16.1. The molecule has 2 aromatic rings. The second-order valence-corrected chi connectivity index (χ2v) is 6.11. The number of hydrogen-bond donors (Lipinski definition) is 3. The lowest BCUT2D eigenvalue weighted by molar-refractivity contribution is -0.0790. The summed E-state index contributed by atoms with van der Waals surface area (Å²) >= 11 is 1.09. The number of hydrogen-bond acceptors (Lipinski definition) is 8. The summed E-state index contributed by atoms with van der Waals surface area (Å²) in [5, 5.41) is 29.0. The molecule has 0 aromatic carbocycles. The molecule has 3 rings (SSSR count). The molecule has 0 saturated carbocycles. The zero-order chi connectivity index (χ0) is 16.4. The van der Waals surface area contributed by atoms with E-state index in [4.69, 9.17) is 4.74 Å². The molecule has 0 bridgehead atoms. The van der Waals surface area contributed by atoms with Crippen molar-refractivity contribution in [2.24, 2.45) is 0 Å². The van der Waals surface area contributed by atoms with Gasteiger partial charge >= 0.3 is 0 Å². The molecular formula is C14H14FN3O4S. The van der Waals surface area contributed by atoms with Crippen molar-refractivity contribution in [3.05, 3.63) is 36.8 Å². The van der Waals surface area contributed by atoms with Gasteiger partial charge in [0.25, 0.3) is 5.95 Å². The van der Waals surface area contributed by atoms with Crippen molar-refractivity contribution >= 4 is 11.8 Å². The van der Waals surface area contributed by atoms with E-state index in [1.807, 2.05) is 0 Å². The Labute approximate surface area is 135 Å². The fraction of sp³-hybridized carbons (Fsp3) is 0.357. The molecule has 0 aliphatic carbocycles. The van der Waals surface area contributed by atoms with Gasteiger partial charge in [-0.25, -0.2) is 15.0 Å². The lowest BCUT2D eigenvalue weighted by Gasteiger charge is -2.34. The van der Waals surface area contributed by atoms with E-state index >= 15 is 0 Å². The van der Waals surface area contributed by atoms with Crippen molar-refractivity contribution in [3.63, 3.8) is 0 Å². The zero-order valence-corrected chi connectivity index (χ0v) is 12.6. The van der Waals surface area contributed by atoms with Crippen LogP contribution in [0.1, 0.15) is 0 Å². The van der Waals surface area contributed by atoms with Crippen molar-refractivity contribution < 1.29 is 24.4 Å². The minimum Gasteiger partial charge on any atom is -0.472 e. The van der Waals surface area contributed by atoms with Crippen LogP contribution < -0.4 is 4.74 Å². The Morgan fingerprint density at radius 1 is 1.13 bits per heavy atom. The maximum absolute atomic E-state index is 14.1. The molecule has 4 atom stereocenters.